The fourth-order valence-electron chi connectivity index (χ4n) is 4.98. The molecule has 1 fully saturated rings. The number of aromatic nitrogens is 2. The van der Waals surface area contributed by atoms with Gasteiger partial charge in [-0.2, -0.15) is 0 Å². The van der Waals surface area contributed by atoms with Gasteiger partial charge >= 0.3 is 11.9 Å². The van der Waals surface area contributed by atoms with Gasteiger partial charge in [-0.3, -0.25) is 29.4 Å². The number of aryl methyl sites for hydroxylation is 2. The highest BCUT2D eigenvalue weighted by Gasteiger charge is 2.34. The van der Waals surface area contributed by atoms with E-state index in [2.05, 4.69) is 30.9 Å². The predicted octanol–water partition coefficient (Wildman–Crippen LogP) is 3.79. The molecule has 8 nitrogen and oxygen atoms in total. The highest BCUT2D eigenvalue weighted by Crippen LogP contribution is 2.42. The van der Waals surface area contributed by atoms with Gasteiger partial charge in [-0.1, -0.05) is 12.1 Å². The highest BCUT2D eigenvalue weighted by molar-refractivity contribution is 5.74. The van der Waals surface area contributed by atoms with Crippen molar-refractivity contribution in [3.8, 4) is 0 Å². The molecule has 8 heteroatoms. The van der Waals surface area contributed by atoms with Crippen LogP contribution in [0.15, 0.2) is 36.7 Å². The molecule has 0 unspecified atom stereocenters. The Balaban J connectivity index is 1.74. The molecule has 0 aromatic carbocycles. The summed E-state index contributed by atoms with van der Waals surface area (Å²) in [4.78, 5) is 37.5. The lowest BCUT2D eigenvalue weighted by Crippen LogP contribution is -2.39. The van der Waals surface area contributed by atoms with Gasteiger partial charge < -0.3 is 9.47 Å². The second-order valence-electron chi connectivity index (χ2n) is 9.18. The average molecular weight is 483 g/mol. The van der Waals surface area contributed by atoms with E-state index in [9.17, 15) is 9.59 Å². The summed E-state index contributed by atoms with van der Waals surface area (Å²) in [6.45, 7) is 5.90. The van der Waals surface area contributed by atoms with Gasteiger partial charge in [0.15, 0.2) is 0 Å². The zero-order chi connectivity index (χ0) is 25.2. The van der Waals surface area contributed by atoms with E-state index in [4.69, 9.17) is 19.4 Å². The lowest BCUT2D eigenvalue weighted by molar-refractivity contribution is -0.145. The molecule has 0 bridgehead atoms. The fraction of sp³-hybridized carbons (Fsp3) is 0.556. The van der Waals surface area contributed by atoms with Crippen molar-refractivity contribution in [3.63, 3.8) is 0 Å². The van der Waals surface area contributed by atoms with Crippen LogP contribution in [-0.4, -0.2) is 72.1 Å². The van der Waals surface area contributed by atoms with Crippen molar-refractivity contribution in [2.45, 2.75) is 58.0 Å². The lowest BCUT2D eigenvalue weighted by Gasteiger charge is -2.42. The number of likely N-dealkylation sites (tertiary alicyclic amines) is 1. The van der Waals surface area contributed by atoms with Crippen LogP contribution in [0.2, 0.25) is 0 Å². The van der Waals surface area contributed by atoms with Crippen molar-refractivity contribution in [3.05, 3.63) is 59.2 Å². The maximum absolute atomic E-state index is 11.8. The predicted molar refractivity (Wildman–Crippen MR) is 134 cm³/mol. The summed E-state index contributed by atoms with van der Waals surface area (Å²) in [5.74, 6) is -0.720. The summed E-state index contributed by atoms with van der Waals surface area (Å²) >= 11 is 0. The summed E-state index contributed by atoms with van der Waals surface area (Å²) in [7, 11) is 2.71. The molecule has 0 N–H and O–H groups in total. The van der Waals surface area contributed by atoms with Gasteiger partial charge in [-0.25, -0.2) is 0 Å². The summed E-state index contributed by atoms with van der Waals surface area (Å²) in [5, 5.41) is 0. The van der Waals surface area contributed by atoms with E-state index in [1.807, 2.05) is 24.5 Å². The van der Waals surface area contributed by atoms with Crippen molar-refractivity contribution in [2.75, 3.05) is 40.4 Å². The first-order valence-corrected chi connectivity index (χ1v) is 12.4. The Labute approximate surface area is 208 Å². The molecule has 35 heavy (non-hydrogen) atoms. The molecule has 190 valence electrons. The Bertz CT molecular complexity index is 912. The third kappa shape index (κ3) is 7.32. The van der Waals surface area contributed by atoms with Crippen molar-refractivity contribution in [1.29, 1.82) is 0 Å². The monoisotopic (exact) mass is 482 g/mol. The van der Waals surface area contributed by atoms with E-state index in [0.29, 0.717) is 6.54 Å². The minimum atomic E-state index is -0.360. The maximum atomic E-state index is 11.8. The van der Waals surface area contributed by atoms with E-state index < -0.39 is 0 Å². The van der Waals surface area contributed by atoms with Crippen LogP contribution in [0.25, 0.3) is 0 Å². The normalized spacial score (nSPS) is 18.4. The first kappa shape index (κ1) is 26.8. The Morgan fingerprint density at radius 3 is 1.89 bits per heavy atom. The minimum Gasteiger partial charge on any atom is -0.468 e. The van der Waals surface area contributed by atoms with Gasteiger partial charge in [0.05, 0.1) is 50.8 Å². The van der Waals surface area contributed by atoms with Crippen molar-refractivity contribution < 1.29 is 19.1 Å². The van der Waals surface area contributed by atoms with Gasteiger partial charge in [0.2, 0.25) is 0 Å². The largest absolute Gasteiger partial charge is 0.468 e. The molecule has 0 aliphatic carbocycles. The molecule has 0 amide bonds. The Hall–Kier alpha value is -2.84. The zero-order valence-corrected chi connectivity index (χ0v) is 21.4. The number of hydrogen-bond donors (Lipinski definition) is 0. The number of unbranched alkanes of at least 4 members (excludes halogenated alkanes) is 1. The molecule has 3 heterocycles. The molecule has 2 aromatic rings. The summed E-state index contributed by atoms with van der Waals surface area (Å²) in [5.41, 5.74) is 4.71. The molecule has 0 radical (unpaired) electrons. The van der Waals surface area contributed by atoms with E-state index in [0.717, 1.165) is 50.0 Å². The van der Waals surface area contributed by atoms with Crippen molar-refractivity contribution >= 4 is 11.9 Å². The third-order valence-corrected chi connectivity index (χ3v) is 6.79. The quantitative estimate of drug-likeness (QED) is 0.353. The minimum absolute atomic E-state index is 0.0703. The van der Waals surface area contributed by atoms with Crippen LogP contribution in [0.1, 0.15) is 66.7 Å². The van der Waals surface area contributed by atoms with Crippen LogP contribution in [0.5, 0.6) is 0 Å². The van der Waals surface area contributed by atoms with Gasteiger partial charge in [-0.05, 0) is 82.3 Å². The number of hydrogen-bond acceptors (Lipinski definition) is 8. The molecule has 0 saturated carbocycles. The number of carbonyl (C=O) groups excluding carboxylic acids is 2. The zero-order valence-electron chi connectivity index (χ0n) is 21.4. The fourth-order valence-corrected chi connectivity index (χ4v) is 4.98. The number of nitrogens with zero attached hydrogens (tertiary/aromatic N) is 4. The van der Waals surface area contributed by atoms with Crippen LogP contribution in [0.4, 0.5) is 0 Å². The molecule has 0 spiro atoms. The topological polar surface area (TPSA) is 84.9 Å². The average Bonchev–Trinajstić information content (AvgIpc) is 2.87. The molecule has 1 aliphatic rings. The van der Waals surface area contributed by atoms with Crippen molar-refractivity contribution in [2.24, 2.45) is 0 Å². The molecule has 1 saturated heterocycles. The van der Waals surface area contributed by atoms with E-state index in [1.54, 1.807) is 4.90 Å². The van der Waals surface area contributed by atoms with Crippen LogP contribution in [-0.2, 0) is 19.1 Å². The molecule has 3 rings (SSSR count). The number of ether oxygens (including phenoxy) is 2. The summed E-state index contributed by atoms with van der Waals surface area (Å²) in [6, 6.07) is 8.71. The number of methoxy groups -OCH3 is 2. The standard InChI is InChI=1S/C27H38N4O4/c1-20-10-8-14-28-26(20)22-12-7-13-23(27-21(2)11-9-15-29-27)31(22)17-6-5-16-30(18-24(32)34-3)19-25(33)35-4/h8-11,14-15,22-23H,5-7,12-13,16-19H2,1-4H3/t22-,23+. The molecule has 2 aromatic heterocycles. The molecular formula is C27H38N4O4. The summed E-state index contributed by atoms with van der Waals surface area (Å²) in [6.07, 6.45) is 8.79. The number of pyridine rings is 2. The molecule has 1 aliphatic heterocycles. The third-order valence-electron chi connectivity index (χ3n) is 6.79. The number of esters is 2. The van der Waals surface area contributed by atoms with Crippen LogP contribution in [0, 0.1) is 13.8 Å². The number of rotatable bonds is 11. The smallest absolute Gasteiger partial charge is 0.319 e. The van der Waals surface area contributed by atoms with Crippen LogP contribution in [0.3, 0.4) is 0 Å². The first-order chi connectivity index (χ1) is 16.9. The lowest BCUT2D eigenvalue weighted by atomic mass is 9.88. The van der Waals surface area contributed by atoms with Gasteiger partial charge in [0, 0.05) is 12.4 Å². The number of carbonyl (C=O) groups is 2. The second-order valence-corrected chi connectivity index (χ2v) is 9.18. The number of piperidine rings is 1. The Morgan fingerprint density at radius 2 is 1.43 bits per heavy atom. The van der Waals surface area contributed by atoms with Crippen LogP contribution >= 0.6 is 0 Å². The Kier molecular flexibility index (Phi) is 10.2. The van der Waals surface area contributed by atoms with E-state index >= 15 is 0 Å². The van der Waals surface area contributed by atoms with Gasteiger partial charge in [-0.15, -0.1) is 0 Å². The second kappa shape index (κ2) is 13.3. The van der Waals surface area contributed by atoms with E-state index in [1.165, 1.54) is 25.3 Å². The SMILES string of the molecule is COC(=O)CN(CCCCN1[C@@H](c2ncccc2C)CCC[C@H]1c1ncccc1C)CC(=O)OC. The highest BCUT2D eigenvalue weighted by atomic mass is 16.5. The molecular weight excluding hydrogens is 444 g/mol. The van der Waals surface area contributed by atoms with Gasteiger partial charge in [0.1, 0.15) is 0 Å². The molecule has 2 atom stereocenters. The van der Waals surface area contributed by atoms with Gasteiger partial charge in [0.25, 0.3) is 0 Å². The first-order valence-electron chi connectivity index (χ1n) is 12.4. The summed E-state index contributed by atoms with van der Waals surface area (Å²) < 4.78 is 9.58. The Morgan fingerprint density at radius 1 is 0.914 bits per heavy atom. The van der Waals surface area contributed by atoms with Crippen molar-refractivity contribution in [1.82, 2.24) is 19.8 Å². The maximum Gasteiger partial charge on any atom is 0.319 e. The van der Waals surface area contributed by atoms with E-state index in [-0.39, 0.29) is 37.1 Å². The van der Waals surface area contributed by atoms with Crippen LogP contribution < -0.4 is 0 Å².